The Morgan fingerprint density at radius 2 is 1.93 bits per heavy atom. The van der Waals surface area contributed by atoms with Gasteiger partial charge in [0.25, 0.3) is 0 Å². The summed E-state index contributed by atoms with van der Waals surface area (Å²) in [6.07, 6.45) is -2.87. The molecule has 0 aliphatic rings. The molecule has 0 radical (unpaired) electrons. The first-order chi connectivity index (χ1) is 12.8. The fourth-order valence-corrected chi connectivity index (χ4v) is 3.87. The van der Waals surface area contributed by atoms with Gasteiger partial charge in [0.2, 0.25) is 16.9 Å². The molecule has 0 saturated heterocycles. The van der Waals surface area contributed by atoms with Crippen LogP contribution in [0.1, 0.15) is 43.4 Å². The van der Waals surface area contributed by atoms with E-state index >= 15 is 0 Å². The van der Waals surface area contributed by atoms with Crippen molar-refractivity contribution in [2.24, 2.45) is 0 Å². The van der Waals surface area contributed by atoms with E-state index in [1.165, 1.54) is 23.5 Å². The largest absolute Gasteiger partial charge is 0.449 e. The topological polar surface area (TPSA) is 72.7 Å². The number of hydrogen-bond acceptors (Lipinski definition) is 5. The van der Waals surface area contributed by atoms with Gasteiger partial charge in [-0.3, -0.25) is 10.1 Å². The van der Waals surface area contributed by atoms with Crippen LogP contribution in [0, 0.1) is 0 Å². The van der Waals surface area contributed by atoms with Gasteiger partial charge >= 0.3 is 6.18 Å². The maximum Gasteiger partial charge on any atom is 0.449 e. The molecule has 1 aromatic carbocycles. The fraction of sp³-hybridized carbons (Fsp3) is 0.412. The van der Waals surface area contributed by atoms with Crippen LogP contribution in [0.2, 0.25) is 0 Å². The molecule has 10 heteroatoms. The van der Waals surface area contributed by atoms with E-state index in [1.54, 1.807) is 12.1 Å². The summed E-state index contributed by atoms with van der Waals surface area (Å²) in [7, 11) is 0. The van der Waals surface area contributed by atoms with Crippen LogP contribution < -0.4 is 5.32 Å². The van der Waals surface area contributed by atoms with Crippen molar-refractivity contribution in [3.63, 3.8) is 0 Å². The zero-order valence-electron chi connectivity index (χ0n) is 14.7. The molecule has 144 valence electrons. The molecule has 1 N–H and O–H groups in total. The summed E-state index contributed by atoms with van der Waals surface area (Å²) < 4.78 is 40.8. The number of imidazole rings is 1. The molecule has 0 aliphatic carbocycles. The van der Waals surface area contributed by atoms with Crippen molar-refractivity contribution in [1.82, 2.24) is 19.7 Å². The van der Waals surface area contributed by atoms with Crippen LogP contribution in [0.5, 0.6) is 0 Å². The number of alkyl halides is 3. The Balaban J connectivity index is 1.82. The predicted molar refractivity (Wildman–Crippen MR) is 96.6 cm³/mol. The van der Waals surface area contributed by atoms with Gasteiger partial charge in [-0.15, -0.1) is 10.2 Å². The number of carbonyl (C=O) groups is 1. The maximum absolute atomic E-state index is 13.3. The van der Waals surface area contributed by atoms with Crippen LogP contribution >= 0.6 is 11.3 Å². The van der Waals surface area contributed by atoms with Crippen molar-refractivity contribution in [3.8, 4) is 0 Å². The van der Waals surface area contributed by atoms with Gasteiger partial charge in [-0.1, -0.05) is 37.3 Å². The van der Waals surface area contributed by atoms with Gasteiger partial charge in [-0.2, -0.15) is 13.2 Å². The van der Waals surface area contributed by atoms with E-state index in [1.807, 2.05) is 13.8 Å². The van der Waals surface area contributed by atoms with Crippen LogP contribution in [0.4, 0.5) is 18.3 Å². The molecule has 0 spiro atoms. The molecule has 6 nitrogen and oxygen atoms in total. The van der Waals surface area contributed by atoms with E-state index in [0.717, 1.165) is 22.4 Å². The predicted octanol–water partition coefficient (Wildman–Crippen LogP) is 4.45. The van der Waals surface area contributed by atoms with Crippen LogP contribution in [0.3, 0.4) is 0 Å². The number of aromatic nitrogens is 4. The van der Waals surface area contributed by atoms with E-state index < -0.39 is 24.5 Å². The first kappa shape index (κ1) is 19.3. The normalized spacial score (nSPS) is 12.1. The summed E-state index contributed by atoms with van der Waals surface area (Å²) in [5.41, 5.74) is 0.430. The number of carbonyl (C=O) groups excluding carboxylic acids is 1. The summed E-state index contributed by atoms with van der Waals surface area (Å²) in [6.45, 7) is 3.56. The van der Waals surface area contributed by atoms with Gasteiger partial charge in [0.1, 0.15) is 11.6 Å². The number of rotatable bonds is 6. The smallest absolute Gasteiger partial charge is 0.311 e. The summed E-state index contributed by atoms with van der Waals surface area (Å²) in [4.78, 5) is 16.0. The number of anilines is 1. The van der Waals surface area contributed by atoms with Crippen molar-refractivity contribution in [1.29, 1.82) is 0 Å². The number of hydrogen-bond donors (Lipinski definition) is 1. The molecule has 0 unspecified atom stereocenters. The quantitative estimate of drug-likeness (QED) is 0.667. The van der Waals surface area contributed by atoms with Crippen LogP contribution in [-0.2, 0) is 17.5 Å². The Morgan fingerprint density at radius 3 is 2.59 bits per heavy atom. The second-order valence-corrected chi connectivity index (χ2v) is 7.02. The van der Waals surface area contributed by atoms with Gasteiger partial charge in [0, 0.05) is 5.92 Å². The molecule has 0 saturated carbocycles. The van der Waals surface area contributed by atoms with E-state index in [4.69, 9.17) is 0 Å². The number of nitrogens with zero attached hydrogens (tertiary/aromatic N) is 4. The number of fused-ring (bicyclic) bond motifs is 1. The molecular formula is C17H18F3N5OS. The first-order valence-corrected chi connectivity index (χ1v) is 9.30. The third-order valence-corrected chi connectivity index (χ3v) is 5.23. The zero-order chi connectivity index (χ0) is 19.6. The van der Waals surface area contributed by atoms with Crippen molar-refractivity contribution in [2.45, 2.75) is 45.3 Å². The van der Waals surface area contributed by atoms with Crippen LogP contribution in [0.15, 0.2) is 24.3 Å². The highest BCUT2D eigenvalue weighted by atomic mass is 32.1. The highest BCUT2D eigenvalue weighted by Gasteiger charge is 2.38. The van der Waals surface area contributed by atoms with Gasteiger partial charge in [-0.05, 0) is 25.0 Å². The summed E-state index contributed by atoms with van der Waals surface area (Å²) in [5, 5.41) is 11.6. The van der Waals surface area contributed by atoms with Crippen LogP contribution in [-0.4, -0.2) is 25.7 Å². The number of para-hydroxylation sites is 2. The Bertz CT molecular complexity index is 946. The lowest BCUT2D eigenvalue weighted by Crippen LogP contribution is -2.23. The average Bonchev–Trinajstić information content (AvgIpc) is 3.21. The Labute approximate surface area is 157 Å². The van der Waals surface area contributed by atoms with Crippen molar-refractivity contribution in [3.05, 3.63) is 35.1 Å². The third-order valence-electron chi connectivity index (χ3n) is 4.23. The Hall–Kier alpha value is -2.49. The van der Waals surface area contributed by atoms with Crippen molar-refractivity contribution < 1.29 is 18.0 Å². The summed E-state index contributed by atoms with van der Waals surface area (Å²) in [5.74, 6) is -1.47. The van der Waals surface area contributed by atoms with Gasteiger partial charge in [0.15, 0.2) is 0 Å². The molecule has 2 aromatic heterocycles. The molecular weight excluding hydrogens is 379 g/mol. The minimum atomic E-state index is -4.66. The molecule has 0 bridgehead atoms. The molecule has 1 amide bonds. The minimum absolute atomic E-state index is 0.185. The maximum atomic E-state index is 13.3. The Kier molecular flexibility index (Phi) is 5.45. The lowest BCUT2D eigenvalue weighted by atomic mass is 10.1. The van der Waals surface area contributed by atoms with E-state index in [0.29, 0.717) is 0 Å². The second-order valence-electron chi connectivity index (χ2n) is 6.02. The van der Waals surface area contributed by atoms with Gasteiger partial charge in [-0.25, -0.2) is 4.98 Å². The lowest BCUT2D eigenvalue weighted by Gasteiger charge is -2.10. The standard InChI is InChI=1S/C17H18F3N5OS/c1-3-10(4-2)14-23-24-16(27-14)22-13(26)9-25-12-8-6-5-7-11(12)21-15(25)17(18,19)20/h5-8,10H,3-4,9H2,1-2H3,(H,22,24,26). The number of nitrogens with one attached hydrogen (secondary N) is 1. The Morgan fingerprint density at radius 1 is 1.22 bits per heavy atom. The van der Waals surface area contributed by atoms with E-state index in [9.17, 15) is 18.0 Å². The molecule has 27 heavy (non-hydrogen) atoms. The highest BCUT2D eigenvalue weighted by Crippen LogP contribution is 2.32. The third kappa shape index (κ3) is 4.10. The first-order valence-electron chi connectivity index (χ1n) is 8.49. The molecule has 3 rings (SSSR count). The van der Waals surface area contributed by atoms with Crippen LogP contribution in [0.25, 0.3) is 11.0 Å². The fourth-order valence-electron chi connectivity index (χ4n) is 2.84. The SMILES string of the molecule is CCC(CC)c1nnc(NC(=O)Cn2c(C(F)(F)F)nc3ccccc32)s1. The molecule has 0 aliphatic heterocycles. The van der Waals surface area contributed by atoms with E-state index in [2.05, 4.69) is 20.5 Å². The number of benzene rings is 1. The molecule has 0 atom stereocenters. The second kappa shape index (κ2) is 7.63. The summed E-state index contributed by atoms with van der Waals surface area (Å²) >= 11 is 1.24. The van der Waals surface area contributed by atoms with Crippen molar-refractivity contribution in [2.75, 3.05) is 5.32 Å². The van der Waals surface area contributed by atoms with Crippen molar-refractivity contribution >= 4 is 33.4 Å². The number of halogens is 3. The lowest BCUT2D eigenvalue weighted by molar-refractivity contribution is -0.147. The van der Waals surface area contributed by atoms with E-state index in [-0.39, 0.29) is 22.1 Å². The molecule has 0 fully saturated rings. The number of amides is 1. The average molecular weight is 397 g/mol. The zero-order valence-corrected chi connectivity index (χ0v) is 15.6. The molecule has 3 aromatic rings. The summed E-state index contributed by atoms with van der Waals surface area (Å²) in [6, 6.07) is 6.18. The monoisotopic (exact) mass is 397 g/mol. The highest BCUT2D eigenvalue weighted by molar-refractivity contribution is 7.15. The molecule has 2 heterocycles. The minimum Gasteiger partial charge on any atom is -0.311 e. The van der Waals surface area contributed by atoms with Gasteiger partial charge in [0.05, 0.1) is 11.0 Å². The van der Waals surface area contributed by atoms with Gasteiger partial charge < -0.3 is 4.57 Å².